The molecule has 0 radical (unpaired) electrons. The molecule has 13 heavy (non-hydrogen) atoms. The highest BCUT2D eigenvalue weighted by molar-refractivity contribution is 9.10. The summed E-state index contributed by atoms with van der Waals surface area (Å²) in [5.74, 6) is 0.812. The molecular weight excluding hydrogens is 230 g/mol. The highest BCUT2D eigenvalue weighted by atomic mass is 79.9. The third-order valence-electron chi connectivity index (χ3n) is 2.58. The topological polar surface area (TPSA) is 29.9 Å². The van der Waals surface area contributed by atoms with Crippen LogP contribution in [0.25, 0.3) is 0 Å². The Hall–Kier alpha value is -0.350. The molecule has 1 aliphatic rings. The van der Waals surface area contributed by atoms with Crippen molar-refractivity contribution in [2.75, 3.05) is 13.1 Å². The van der Waals surface area contributed by atoms with Gasteiger partial charge >= 0.3 is 0 Å². The van der Waals surface area contributed by atoms with Gasteiger partial charge in [0.2, 0.25) is 0 Å². The van der Waals surface area contributed by atoms with Crippen molar-refractivity contribution in [2.45, 2.75) is 19.4 Å². The molecule has 1 N–H and O–H groups in total. The summed E-state index contributed by atoms with van der Waals surface area (Å²) in [7, 11) is 0. The minimum absolute atomic E-state index is 0.812. The van der Waals surface area contributed by atoms with Crippen LogP contribution in [0.1, 0.15) is 12.8 Å². The number of hydrogen-bond acceptors (Lipinski definition) is 2. The molecule has 1 saturated heterocycles. The van der Waals surface area contributed by atoms with Gasteiger partial charge in [-0.1, -0.05) is 0 Å². The fourth-order valence-electron chi connectivity index (χ4n) is 1.78. The number of hydrogen-bond donors (Lipinski definition) is 1. The van der Waals surface area contributed by atoms with Gasteiger partial charge in [-0.25, -0.2) is 4.98 Å². The first-order valence-electron chi connectivity index (χ1n) is 4.72. The maximum absolute atomic E-state index is 4.09. The van der Waals surface area contributed by atoms with Crippen molar-refractivity contribution < 1.29 is 0 Å². The predicted molar refractivity (Wildman–Crippen MR) is 55.5 cm³/mol. The number of rotatable bonds is 2. The van der Waals surface area contributed by atoms with E-state index in [2.05, 4.69) is 30.8 Å². The van der Waals surface area contributed by atoms with Crippen molar-refractivity contribution in [3.05, 3.63) is 17.1 Å². The van der Waals surface area contributed by atoms with Gasteiger partial charge in [-0.15, -0.1) is 0 Å². The molecule has 0 aliphatic carbocycles. The highest BCUT2D eigenvalue weighted by Gasteiger charge is 2.13. The fourth-order valence-corrected chi connectivity index (χ4v) is 2.14. The van der Waals surface area contributed by atoms with Crippen molar-refractivity contribution in [3.8, 4) is 0 Å². The fraction of sp³-hybridized carbons (Fsp3) is 0.667. The lowest BCUT2D eigenvalue weighted by Gasteiger charge is -2.23. The third-order valence-corrected chi connectivity index (χ3v) is 3.24. The standard InChI is InChI=1S/C9H14BrN3/c10-9-5-12-7-13(9)6-8-1-3-11-4-2-8/h5,7-8,11H,1-4,6H2. The zero-order valence-corrected chi connectivity index (χ0v) is 9.13. The van der Waals surface area contributed by atoms with E-state index in [-0.39, 0.29) is 0 Å². The summed E-state index contributed by atoms with van der Waals surface area (Å²) in [5, 5.41) is 3.37. The lowest BCUT2D eigenvalue weighted by molar-refractivity contribution is 0.331. The van der Waals surface area contributed by atoms with E-state index < -0.39 is 0 Å². The van der Waals surface area contributed by atoms with Gasteiger partial charge in [0.05, 0.1) is 12.5 Å². The number of aromatic nitrogens is 2. The first kappa shape index (κ1) is 9.21. The zero-order chi connectivity index (χ0) is 9.10. The molecule has 0 amide bonds. The molecule has 0 spiro atoms. The van der Waals surface area contributed by atoms with Gasteiger partial charge in [-0.3, -0.25) is 0 Å². The van der Waals surface area contributed by atoms with E-state index in [1.807, 2.05) is 12.5 Å². The van der Waals surface area contributed by atoms with Crippen LogP contribution in [0.3, 0.4) is 0 Å². The van der Waals surface area contributed by atoms with E-state index >= 15 is 0 Å². The maximum atomic E-state index is 4.09. The number of halogens is 1. The number of nitrogens with zero attached hydrogens (tertiary/aromatic N) is 2. The van der Waals surface area contributed by atoms with E-state index in [1.165, 1.54) is 12.8 Å². The Morgan fingerprint density at radius 1 is 1.54 bits per heavy atom. The quantitative estimate of drug-likeness (QED) is 0.857. The van der Waals surface area contributed by atoms with E-state index in [9.17, 15) is 0 Å². The summed E-state index contributed by atoms with van der Waals surface area (Å²) >= 11 is 3.48. The van der Waals surface area contributed by atoms with E-state index in [4.69, 9.17) is 0 Å². The van der Waals surface area contributed by atoms with Gasteiger partial charge in [-0.2, -0.15) is 0 Å². The summed E-state index contributed by atoms with van der Waals surface area (Å²) in [6, 6.07) is 0. The average molecular weight is 244 g/mol. The molecule has 4 heteroatoms. The van der Waals surface area contributed by atoms with Crippen LogP contribution in [-0.2, 0) is 6.54 Å². The molecular formula is C9H14BrN3. The Balaban J connectivity index is 1.93. The lowest BCUT2D eigenvalue weighted by atomic mass is 9.98. The summed E-state index contributed by atoms with van der Waals surface area (Å²) < 4.78 is 3.27. The second-order valence-corrected chi connectivity index (χ2v) is 4.37. The number of piperidine rings is 1. The Labute approximate surface area is 86.7 Å². The second-order valence-electron chi connectivity index (χ2n) is 3.56. The van der Waals surface area contributed by atoms with Crippen LogP contribution in [0, 0.1) is 5.92 Å². The van der Waals surface area contributed by atoms with Crippen molar-refractivity contribution >= 4 is 15.9 Å². The van der Waals surface area contributed by atoms with Crippen LogP contribution in [0.15, 0.2) is 17.1 Å². The Bertz CT molecular complexity index is 266. The molecule has 72 valence electrons. The van der Waals surface area contributed by atoms with Crippen LogP contribution >= 0.6 is 15.9 Å². The summed E-state index contributed by atoms with van der Waals surface area (Å²) in [6.07, 6.45) is 6.31. The van der Waals surface area contributed by atoms with Gasteiger partial charge in [-0.05, 0) is 47.8 Å². The molecule has 0 atom stereocenters. The Morgan fingerprint density at radius 2 is 2.31 bits per heavy atom. The molecule has 2 heterocycles. The molecule has 1 aliphatic heterocycles. The van der Waals surface area contributed by atoms with Gasteiger partial charge < -0.3 is 9.88 Å². The van der Waals surface area contributed by atoms with Gasteiger partial charge in [0.1, 0.15) is 4.60 Å². The van der Waals surface area contributed by atoms with Crippen LogP contribution in [0.4, 0.5) is 0 Å². The summed E-state index contributed by atoms with van der Waals surface area (Å²) in [4.78, 5) is 4.09. The van der Waals surface area contributed by atoms with Gasteiger partial charge in [0.25, 0.3) is 0 Å². The van der Waals surface area contributed by atoms with Crippen LogP contribution in [0.2, 0.25) is 0 Å². The van der Waals surface area contributed by atoms with Crippen molar-refractivity contribution in [2.24, 2.45) is 5.92 Å². The molecule has 0 bridgehead atoms. The molecule has 0 unspecified atom stereocenters. The second kappa shape index (κ2) is 4.24. The third kappa shape index (κ3) is 2.31. The smallest absolute Gasteiger partial charge is 0.104 e. The van der Waals surface area contributed by atoms with Crippen molar-refractivity contribution in [3.63, 3.8) is 0 Å². The minimum atomic E-state index is 0.812. The largest absolute Gasteiger partial charge is 0.325 e. The SMILES string of the molecule is Brc1cncn1CC1CCNCC1. The lowest BCUT2D eigenvalue weighted by Crippen LogP contribution is -2.29. The zero-order valence-electron chi connectivity index (χ0n) is 7.54. The molecule has 1 aromatic rings. The van der Waals surface area contributed by atoms with Crippen LogP contribution < -0.4 is 5.32 Å². The monoisotopic (exact) mass is 243 g/mol. The summed E-state index contributed by atoms with van der Waals surface area (Å²) in [6.45, 7) is 3.43. The normalized spacial score (nSPS) is 19.2. The Kier molecular flexibility index (Phi) is 3.01. The number of imidazole rings is 1. The Morgan fingerprint density at radius 3 is 2.92 bits per heavy atom. The first-order chi connectivity index (χ1) is 6.36. The maximum Gasteiger partial charge on any atom is 0.104 e. The average Bonchev–Trinajstić information content (AvgIpc) is 2.54. The molecule has 1 fully saturated rings. The predicted octanol–water partition coefficient (Wildman–Crippen LogP) is 1.65. The van der Waals surface area contributed by atoms with E-state index in [0.717, 1.165) is 30.2 Å². The van der Waals surface area contributed by atoms with E-state index in [0.29, 0.717) is 0 Å². The van der Waals surface area contributed by atoms with Gasteiger partial charge in [0, 0.05) is 6.54 Å². The molecule has 0 saturated carbocycles. The minimum Gasteiger partial charge on any atom is -0.325 e. The molecule has 2 rings (SSSR count). The number of nitrogens with one attached hydrogen (secondary N) is 1. The van der Waals surface area contributed by atoms with Crippen LogP contribution in [0.5, 0.6) is 0 Å². The molecule has 3 nitrogen and oxygen atoms in total. The highest BCUT2D eigenvalue weighted by Crippen LogP contribution is 2.17. The first-order valence-corrected chi connectivity index (χ1v) is 5.52. The molecule has 1 aromatic heterocycles. The van der Waals surface area contributed by atoms with Crippen molar-refractivity contribution in [1.29, 1.82) is 0 Å². The van der Waals surface area contributed by atoms with Gasteiger partial charge in [0.15, 0.2) is 0 Å². The van der Waals surface area contributed by atoms with Crippen LogP contribution in [-0.4, -0.2) is 22.6 Å². The summed E-state index contributed by atoms with van der Waals surface area (Å²) in [5.41, 5.74) is 0. The van der Waals surface area contributed by atoms with Crippen molar-refractivity contribution in [1.82, 2.24) is 14.9 Å². The molecule has 0 aromatic carbocycles. The van der Waals surface area contributed by atoms with E-state index in [1.54, 1.807) is 0 Å².